The monoisotopic (exact) mass is 542 g/mol. The van der Waals surface area contributed by atoms with Gasteiger partial charge in [-0.3, -0.25) is 4.79 Å². The fourth-order valence-corrected chi connectivity index (χ4v) is 5.56. The van der Waals surface area contributed by atoms with Crippen LogP contribution < -0.4 is 23.7 Å². The summed E-state index contributed by atoms with van der Waals surface area (Å²) in [4.78, 5) is 13.9. The number of benzene rings is 2. The first kappa shape index (κ1) is 25.9. The molecule has 6 rings (SSSR count). The minimum Gasteiger partial charge on any atom is -0.493 e. The smallest absolute Gasteiger partial charge is 0.229 e. The van der Waals surface area contributed by atoms with Crippen LogP contribution in [-0.4, -0.2) is 89.4 Å². The highest BCUT2D eigenvalue weighted by Gasteiger charge is 2.47. The molecule has 1 saturated heterocycles. The van der Waals surface area contributed by atoms with Gasteiger partial charge in [0.05, 0.1) is 25.2 Å². The Balaban J connectivity index is 1.34. The lowest BCUT2D eigenvalue weighted by atomic mass is 9.81. The van der Waals surface area contributed by atoms with E-state index >= 15 is 0 Å². The Kier molecular flexibility index (Phi) is 6.43. The van der Waals surface area contributed by atoms with Gasteiger partial charge in [0, 0.05) is 23.6 Å². The van der Waals surface area contributed by atoms with Crippen molar-refractivity contribution in [1.29, 1.82) is 0 Å². The number of hydrogen-bond acceptors (Lipinski definition) is 11. The number of hydrogen-bond donors (Lipinski definition) is 4. The van der Waals surface area contributed by atoms with E-state index in [0.29, 0.717) is 34.8 Å². The summed E-state index contributed by atoms with van der Waals surface area (Å²) in [5.74, 6) is 1.08. The predicted octanol–water partition coefficient (Wildman–Crippen LogP) is 0.873. The maximum absolute atomic E-state index is 13.9. The number of ether oxygens (including phenoxy) is 6. The van der Waals surface area contributed by atoms with E-state index in [0.717, 1.165) is 11.1 Å². The summed E-state index contributed by atoms with van der Waals surface area (Å²) in [5, 5.41) is 40.2. The Morgan fingerprint density at radius 1 is 1.08 bits per heavy atom. The van der Waals surface area contributed by atoms with Gasteiger partial charge in [-0.1, -0.05) is 6.58 Å². The van der Waals surface area contributed by atoms with E-state index in [1.165, 1.54) is 7.11 Å². The molecule has 1 fully saturated rings. The number of carbonyl (C=O) groups is 1. The molecule has 0 spiro atoms. The van der Waals surface area contributed by atoms with E-state index in [4.69, 9.17) is 28.4 Å². The predicted molar refractivity (Wildman–Crippen MR) is 134 cm³/mol. The van der Waals surface area contributed by atoms with Crippen LogP contribution in [0.1, 0.15) is 34.3 Å². The summed E-state index contributed by atoms with van der Waals surface area (Å²) >= 11 is 0. The van der Waals surface area contributed by atoms with Crippen LogP contribution in [0.4, 0.5) is 0 Å². The molecule has 4 N–H and O–H groups in total. The van der Waals surface area contributed by atoms with Crippen molar-refractivity contribution in [2.45, 2.75) is 62.2 Å². The van der Waals surface area contributed by atoms with Crippen molar-refractivity contribution in [2.75, 3.05) is 20.3 Å². The zero-order valence-electron chi connectivity index (χ0n) is 21.4. The van der Waals surface area contributed by atoms with Gasteiger partial charge in [-0.25, -0.2) is 0 Å². The van der Waals surface area contributed by atoms with Gasteiger partial charge in [0.25, 0.3) is 0 Å². The van der Waals surface area contributed by atoms with Crippen molar-refractivity contribution < 1.29 is 53.6 Å². The third kappa shape index (κ3) is 4.12. The maximum Gasteiger partial charge on any atom is 0.229 e. The van der Waals surface area contributed by atoms with Crippen LogP contribution >= 0.6 is 0 Å². The van der Waals surface area contributed by atoms with Crippen LogP contribution in [-0.2, 0) is 11.2 Å². The molecule has 2 aromatic carbocycles. The highest BCUT2D eigenvalue weighted by atomic mass is 16.7. The molecule has 11 heteroatoms. The van der Waals surface area contributed by atoms with Gasteiger partial charge in [-0.2, -0.15) is 0 Å². The molecule has 4 heterocycles. The standard InChI is InChI=1S/C28H30O11/c1-11(2)16-7-14-15(36-16)5-4-12-23(30)22-13-6-19(38-28-26(33)25(32)24(31)20(9-29)39-28)18(34-3)8-17(13)35-10-21(22)37-27(12)14/h4-6,8,16,20-22,24-26,28-29,31-33H,1,7,9-10H2,2-3H3/t16-,20-,21-,22+,24+,25+,26-,28-/m1/s1. The largest absolute Gasteiger partial charge is 0.493 e. The van der Waals surface area contributed by atoms with Crippen molar-refractivity contribution in [1.82, 2.24) is 0 Å². The Labute approximate surface area is 224 Å². The van der Waals surface area contributed by atoms with Crippen LogP contribution in [0.5, 0.6) is 28.7 Å². The zero-order chi connectivity index (χ0) is 27.6. The number of aliphatic hydroxyl groups is 4. The van der Waals surface area contributed by atoms with Crippen LogP contribution in [0.3, 0.4) is 0 Å². The minimum absolute atomic E-state index is 0.107. The Morgan fingerprint density at radius 3 is 2.59 bits per heavy atom. The summed E-state index contributed by atoms with van der Waals surface area (Å²) in [6.45, 7) is 5.42. The van der Waals surface area contributed by atoms with Crippen molar-refractivity contribution in [3.8, 4) is 28.7 Å². The topological polar surface area (TPSA) is 153 Å². The molecular formula is C28H30O11. The third-order valence-electron chi connectivity index (χ3n) is 7.74. The molecule has 0 amide bonds. The molecule has 4 aliphatic rings. The maximum atomic E-state index is 13.9. The minimum atomic E-state index is -1.62. The fourth-order valence-electron chi connectivity index (χ4n) is 5.56. The fraction of sp³-hybridized carbons (Fsp3) is 0.464. The number of ketones is 1. The number of fused-ring (bicyclic) bond motifs is 6. The van der Waals surface area contributed by atoms with Gasteiger partial charge in [-0.15, -0.1) is 0 Å². The van der Waals surface area contributed by atoms with Gasteiger partial charge in [0.1, 0.15) is 60.5 Å². The van der Waals surface area contributed by atoms with Gasteiger partial charge >= 0.3 is 0 Å². The SMILES string of the molecule is C=C(C)[C@H]1Cc2c(ccc3c2O[C@@H]2COc4cc(OC)c(O[C@@H]5O[C@H](CO)[C@H](O)[C@H](O)[C@H]5O)cc4[C@@H]2C3=O)O1. The summed E-state index contributed by atoms with van der Waals surface area (Å²) in [6, 6.07) is 6.62. The molecule has 0 radical (unpaired) electrons. The molecule has 0 aliphatic carbocycles. The third-order valence-corrected chi connectivity index (χ3v) is 7.74. The van der Waals surface area contributed by atoms with Crippen molar-refractivity contribution in [3.63, 3.8) is 0 Å². The molecule has 208 valence electrons. The molecule has 2 aromatic rings. The molecule has 39 heavy (non-hydrogen) atoms. The van der Waals surface area contributed by atoms with E-state index in [2.05, 4.69) is 6.58 Å². The molecule has 0 aromatic heterocycles. The molecule has 0 unspecified atom stereocenters. The summed E-state index contributed by atoms with van der Waals surface area (Å²) in [5.41, 5.74) is 2.66. The molecule has 0 bridgehead atoms. The second kappa shape index (κ2) is 9.68. The van der Waals surface area contributed by atoms with Crippen molar-refractivity contribution in [2.24, 2.45) is 0 Å². The van der Waals surface area contributed by atoms with Crippen LogP contribution in [0.2, 0.25) is 0 Å². The average molecular weight is 543 g/mol. The number of aliphatic hydroxyl groups excluding tert-OH is 4. The van der Waals surface area contributed by atoms with Gasteiger partial charge < -0.3 is 48.8 Å². The van der Waals surface area contributed by atoms with E-state index < -0.39 is 49.3 Å². The second-order valence-electron chi connectivity index (χ2n) is 10.2. The first-order valence-electron chi connectivity index (χ1n) is 12.7. The number of rotatable bonds is 5. The van der Waals surface area contributed by atoms with Crippen LogP contribution in [0.15, 0.2) is 36.4 Å². The number of methoxy groups -OCH3 is 1. The first-order valence-corrected chi connectivity index (χ1v) is 12.7. The zero-order valence-corrected chi connectivity index (χ0v) is 21.4. The molecule has 11 nitrogen and oxygen atoms in total. The lowest BCUT2D eigenvalue weighted by molar-refractivity contribution is -0.277. The molecule has 4 aliphatic heterocycles. The van der Waals surface area contributed by atoms with E-state index in [1.54, 1.807) is 24.3 Å². The van der Waals surface area contributed by atoms with Gasteiger partial charge in [-0.05, 0) is 30.7 Å². The van der Waals surface area contributed by atoms with Crippen LogP contribution in [0.25, 0.3) is 0 Å². The van der Waals surface area contributed by atoms with Gasteiger partial charge in [0.2, 0.25) is 6.29 Å². The Hall–Kier alpha value is -3.35. The molecular weight excluding hydrogens is 512 g/mol. The van der Waals surface area contributed by atoms with Crippen LogP contribution in [0, 0.1) is 0 Å². The van der Waals surface area contributed by atoms with E-state index in [9.17, 15) is 25.2 Å². The summed E-state index contributed by atoms with van der Waals surface area (Å²) < 4.78 is 35.1. The highest BCUT2D eigenvalue weighted by molar-refractivity contribution is 6.06. The van der Waals surface area contributed by atoms with E-state index in [1.807, 2.05) is 6.92 Å². The molecule has 0 saturated carbocycles. The average Bonchev–Trinajstić information content (AvgIpc) is 3.38. The van der Waals surface area contributed by atoms with Crippen molar-refractivity contribution >= 4 is 5.78 Å². The Bertz CT molecular complexity index is 1320. The van der Waals surface area contributed by atoms with Gasteiger partial charge in [0.15, 0.2) is 17.3 Å². The highest BCUT2D eigenvalue weighted by Crippen LogP contribution is 2.50. The lowest BCUT2D eigenvalue weighted by Gasteiger charge is -2.40. The second-order valence-corrected chi connectivity index (χ2v) is 10.2. The first-order chi connectivity index (χ1) is 18.7. The normalized spacial score (nSPS) is 32.4. The summed E-state index contributed by atoms with van der Waals surface area (Å²) in [6.07, 6.45) is -7.57. The number of Topliss-reactive ketones (excluding diaryl/α,β-unsaturated/α-hetero) is 1. The Morgan fingerprint density at radius 2 is 1.87 bits per heavy atom. The lowest BCUT2D eigenvalue weighted by Crippen LogP contribution is -2.60. The quantitative estimate of drug-likeness (QED) is 0.398. The van der Waals surface area contributed by atoms with E-state index in [-0.39, 0.29) is 30.0 Å². The summed E-state index contributed by atoms with van der Waals surface area (Å²) in [7, 11) is 1.42. The van der Waals surface area contributed by atoms with Crippen molar-refractivity contribution in [3.05, 3.63) is 53.1 Å². The number of carbonyl (C=O) groups excluding carboxylic acids is 1. The molecule has 8 atom stereocenters.